The minimum absolute atomic E-state index is 0.0811. The smallest absolute Gasteiger partial charge is 0.269 e. The first kappa shape index (κ1) is 13.1. The van der Waals surface area contributed by atoms with Gasteiger partial charge in [-0.15, -0.1) is 0 Å². The second-order valence-electron chi connectivity index (χ2n) is 4.77. The molecule has 0 bridgehead atoms. The number of hydrogen-bond donors (Lipinski definition) is 0. The van der Waals surface area contributed by atoms with Crippen molar-refractivity contribution in [2.45, 2.75) is 6.54 Å². The van der Waals surface area contributed by atoms with Gasteiger partial charge in [-0.2, -0.15) is 0 Å². The monoisotopic (exact) mass is 280 g/mol. The first-order chi connectivity index (χ1) is 10.2. The molecule has 0 aliphatic carbocycles. The van der Waals surface area contributed by atoms with Gasteiger partial charge in [0.1, 0.15) is 0 Å². The largest absolute Gasteiger partial charge is 0.343 e. The van der Waals surface area contributed by atoms with Gasteiger partial charge in [-0.25, -0.2) is 0 Å². The van der Waals surface area contributed by atoms with E-state index in [0.717, 1.165) is 22.8 Å². The zero-order valence-corrected chi connectivity index (χ0v) is 11.1. The third-order valence-corrected chi connectivity index (χ3v) is 3.45. The number of nitrogens with zero attached hydrogens (tertiary/aromatic N) is 2. The van der Waals surface area contributed by atoms with E-state index in [9.17, 15) is 14.9 Å². The number of carbonyl (C=O) groups is 1. The maximum absolute atomic E-state index is 11.0. The summed E-state index contributed by atoms with van der Waals surface area (Å²) in [6.07, 6.45) is 2.72. The molecule has 0 aliphatic heterocycles. The average Bonchev–Trinajstić information content (AvgIpc) is 2.90. The lowest BCUT2D eigenvalue weighted by Crippen LogP contribution is -1.99. The van der Waals surface area contributed by atoms with Gasteiger partial charge in [0, 0.05) is 41.3 Å². The lowest BCUT2D eigenvalue weighted by molar-refractivity contribution is -0.384. The molecule has 0 spiro atoms. The molecule has 0 amide bonds. The summed E-state index contributed by atoms with van der Waals surface area (Å²) in [5.41, 5.74) is 2.51. The first-order valence-electron chi connectivity index (χ1n) is 6.45. The van der Waals surface area contributed by atoms with Crippen LogP contribution in [0.2, 0.25) is 0 Å². The predicted octanol–water partition coefficient (Wildman–Crippen LogP) is 3.41. The van der Waals surface area contributed by atoms with Gasteiger partial charge in [0.2, 0.25) is 0 Å². The van der Waals surface area contributed by atoms with E-state index in [1.54, 1.807) is 18.2 Å². The number of aldehydes is 1. The van der Waals surface area contributed by atoms with Crippen molar-refractivity contribution in [3.8, 4) is 0 Å². The second kappa shape index (κ2) is 5.20. The molecule has 2 aromatic carbocycles. The van der Waals surface area contributed by atoms with Crippen LogP contribution >= 0.6 is 0 Å². The summed E-state index contributed by atoms with van der Waals surface area (Å²) in [7, 11) is 0. The van der Waals surface area contributed by atoms with Crippen LogP contribution in [0.15, 0.2) is 54.7 Å². The average molecular weight is 280 g/mol. The number of fused-ring (bicyclic) bond motifs is 1. The van der Waals surface area contributed by atoms with E-state index in [0.29, 0.717) is 12.1 Å². The van der Waals surface area contributed by atoms with Crippen LogP contribution in [0.5, 0.6) is 0 Å². The van der Waals surface area contributed by atoms with Crippen LogP contribution in [0.1, 0.15) is 15.9 Å². The van der Waals surface area contributed by atoms with Gasteiger partial charge in [-0.3, -0.25) is 14.9 Å². The third-order valence-electron chi connectivity index (χ3n) is 3.45. The van der Waals surface area contributed by atoms with Crippen molar-refractivity contribution in [2.24, 2.45) is 0 Å². The topological polar surface area (TPSA) is 65.1 Å². The SMILES string of the molecule is O=Cc1cccc2c1ccn2Cc1cccc([N+](=O)[O-])c1. The maximum atomic E-state index is 11.0. The molecular weight excluding hydrogens is 268 g/mol. The van der Waals surface area contributed by atoms with E-state index in [-0.39, 0.29) is 5.69 Å². The molecule has 0 aliphatic rings. The number of benzene rings is 2. The molecule has 0 unspecified atom stereocenters. The predicted molar refractivity (Wildman–Crippen MR) is 79.5 cm³/mol. The minimum Gasteiger partial charge on any atom is -0.343 e. The molecule has 0 N–H and O–H groups in total. The van der Waals surface area contributed by atoms with Gasteiger partial charge < -0.3 is 4.57 Å². The lowest BCUT2D eigenvalue weighted by atomic mass is 10.1. The van der Waals surface area contributed by atoms with Crippen LogP contribution in [0, 0.1) is 10.1 Å². The zero-order chi connectivity index (χ0) is 14.8. The molecule has 5 heteroatoms. The quantitative estimate of drug-likeness (QED) is 0.418. The Labute approximate surface area is 120 Å². The first-order valence-corrected chi connectivity index (χ1v) is 6.45. The Morgan fingerprint density at radius 2 is 1.95 bits per heavy atom. The zero-order valence-electron chi connectivity index (χ0n) is 11.1. The number of non-ortho nitro benzene ring substituents is 1. The fourth-order valence-electron chi connectivity index (χ4n) is 2.45. The molecule has 0 radical (unpaired) electrons. The van der Waals surface area contributed by atoms with Crippen molar-refractivity contribution >= 4 is 22.9 Å². The van der Waals surface area contributed by atoms with Crippen LogP contribution in [0.4, 0.5) is 5.69 Å². The molecule has 0 saturated carbocycles. The standard InChI is InChI=1S/C16H12N2O3/c19-11-13-4-2-6-16-15(13)7-8-17(16)10-12-3-1-5-14(9-12)18(20)21/h1-9,11H,10H2. The van der Waals surface area contributed by atoms with Crippen molar-refractivity contribution in [1.29, 1.82) is 0 Å². The molecule has 5 nitrogen and oxygen atoms in total. The fourth-order valence-corrected chi connectivity index (χ4v) is 2.45. The Bertz CT molecular complexity index is 836. The van der Waals surface area contributed by atoms with Crippen molar-refractivity contribution in [1.82, 2.24) is 4.57 Å². The number of carbonyl (C=O) groups excluding carboxylic acids is 1. The van der Waals surface area contributed by atoms with E-state index in [4.69, 9.17) is 0 Å². The van der Waals surface area contributed by atoms with Gasteiger partial charge >= 0.3 is 0 Å². The highest BCUT2D eigenvalue weighted by Gasteiger charge is 2.08. The summed E-state index contributed by atoms with van der Waals surface area (Å²) in [6, 6.07) is 14.0. The van der Waals surface area contributed by atoms with Crippen LogP contribution in [-0.4, -0.2) is 15.8 Å². The molecule has 0 fully saturated rings. The highest BCUT2D eigenvalue weighted by Crippen LogP contribution is 2.21. The van der Waals surface area contributed by atoms with Gasteiger partial charge in [0.05, 0.1) is 4.92 Å². The number of nitro groups is 1. The molecule has 21 heavy (non-hydrogen) atoms. The molecular formula is C16H12N2O3. The highest BCUT2D eigenvalue weighted by atomic mass is 16.6. The van der Waals surface area contributed by atoms with Gasteiger partial charge in [-0.1, -0.05) is 24.3 Å². The Morgan fingerprint density at radius 3 is 2.71 bits per heavy atom. The Kier molecular flexibility index (Phi) is 3.23. The molecule has 1 heterocycles. The van der Waals surface area contributed by atoms with Crippen LogP contribution in [0.3, 0.4) is 0 Å². The summed E-state index contributed by atoms with van der Waals surface area (Å²) >= 11 is 0. The maximum Gasteiger partial charge on any atom is 0.269 e. The lowest BCUT2D eigenvalue weighted by Gasteiger charge is -2.06. The van der Waals surface area contributed by atoms with E-state index in [1.807, 2.05) is 35.0 Å². The molecule has 0 saturated heterocycles. The third kappa shape index (κ3) is 2.41. The normalized spacial score (nSPS) is 10.7. The fraction of sp³-hybridized carbons (Fsp3) is 0.0625. The van der Waals surface area contributed by atoms with Crippen molar-refractivity contribution in [2.75, 3.05) is 0 Å². The van der Waals surface area contributed by atoms with Crippen molar-refractivity contribution < 1.29 is 9.72 Å². The van der Waals surface area contributed by atoms with Crippen molar-refractivity contribution in [3.63, 3.8) is 0 Å². The number of rotatable bonds is 4. The Morgan fingerprint density at radius 1 is 1.14 bits per heavy atom. The van der Waals surface area contributed by atoms with Crippen LogP contribution in [0.25, 0.3) is 10.9 Å². The van der Waals surface area contributed by atoms with Gasteiger partial charge in [0.15, 0.2) is 6.29 Å². The second-order valence-corrected chi connectivity index (χ2v) is 4.77. The van der Waals surface area contributed by atoms with Gasteiger partial charge in [-0.05, 0) is 17.7 Å². The van der Waals surface area contributed by atoms with E-state index >= 15 is 0 Å². The molecule has 1 aromatic heterocycles. The summed E-state index contributed by atoms with van der Waals surface area (Å²) in [4.78, 5) is 21.4. The summed E-state index contributed by atoms with van der Waals surface area (Å²) in [6.45, 7) is 0.521. The summed E-state index contributed by atoms with van der Waals surface area (Å²) in [5, 5.41) is 11.7. The molecule has 3 aromatic rings. The van der Waals surface area contributed by atoms with Gasteiger partial charge in [0.25, 0.3) is 5.69 Å². The Hall–Kier alpha value is -2.95. The molecule has 104 valence electrons. The van der Waals surface area contributed by atoms with Crippen molar-refractivity contribution in [3.05, 3.63) is 76.0 Å². The minimum atomic E-state index is -0.401. The summed E-state index contributed by atoms with van der Waals surface area (Å²) < 4.78 is 1.97. The van der Waals surface area contributed by atoms with E-state index < -0.39 is 4.92 Å². The number of hydrogen-bond acceptors (Lipinski definition) is 3. The van der Waals surface area contributed by atoms with E-state index in [1.165, 1.54) is 6.07 Å². The van der Waals surface area contributed by atoms with Crippen LogP contribution in [-0.2, 0) is 6.54 Å². The number of aromatic nitrogens is 1. The molecule has 0 atom stereocenters. The summed E-state index contributed by atoms with van der Waals surface area (Å²) in [5.74, 6) is 0. The highest BCUT2D eigenvalue weighted by molar-refractivity contribution is 5.97. The molecule has 3 rings (SSSR count). The van der Waals surface area contributed by atoms with E-state index in [2.05, 4.69) is 0 Å². The number of nitro benzene ring substituents is 1. The Balaban J connectivity index is 2.01. The van der Waals surface area contributed by atoms with Crippen LogP contribution < -0.4 is 0 Å².